The molecular formula is C22H28N2O3. The molecule has 1 saturated heterocycles. The number of rotatable bonds is 6. The van der Waals surface area contributed by atoms with Crippen molar-refractivity contribution >= 4 is 11.6 Å². The Bertz CT molecular complexity index is 735. The number of nitrogens with zero attached hydrogens (tertiary/aromatic N) is 1. The maximum absolute atomic E-state index is 12.3. The van der Waals surface area contributed by atoms with Crippen molar-refractivity contribution in [3.05, 3.63) is 54.1 Å². The van der Waals surface area contributed by atoms with E-state index in [1.807, 2.05) is 55.5 Å². The second-order valence-electron chi connectivity index (χ2n) is 7.21. The molecule has 0 spiro atoms. The van der Waals surface area contributed by atoms with Gasteiger partial charge in [-0.2, -0.15) is 0 Å². The first-order chi connectivity index (χ1) is 13.0. The summed E-state index contributed by atoms with van der Waals surface area (Å²) < 4.78 is 11.7. The van der Waals surface area contributed by atoms with Crippen molar-refractivity contribution in [3.8, 4) is 11.5 Å². The molecule has 1 unspecified atom stereocenters. The van der Waals surface area contributed by atoms with Crippen LogP contribution in [0.5, 0.6) is 11.5 Å². The first-order valence-electron chi connectivity index (χ1n) is 9.49. The fraction of sp³-hybridized carbons (Fsp3) is 0.409. The number of benzene rings is 2. The van der Waals surface area contributed by atoms with Gasteiger partial charge in [-0.1, -0.05) is 17.7 Å². The van der Waals surface area contributed by atoms with Crippen LogP contribution in [0.1, 0.15) is 25.3 Å². The number of carbonyl (C=O) groups excluding carboxylic acids is 1. The lowest BCUT2D eigenvalue weighted by atomic mass is 10.1. The first kappa shape index (κ1) is 19.2. The number of amides is 1. The van der Waals surface area contributed by atoms with Crippen molar-refractivity contribution in [2.75, 3.05) is 25.5 Å². The molecule has 1 aliphatic heterocycles. The van der Waals surface area contributed by atoms with Gasteiger partial charge in [-0.25, -0.2) is 0 Å². The zero-order valence-electron chi connectivity index (χ0n) is 16.3. The smallest absolute Gasteiger partial charge is 0.265 e. The number of nitrogens with one attached hydrogen (secondary N) is 1. The van der Waals surface area contributed by atoms with Gasteiger partial charge in [0.15, 0.2) is 6.10 Å². The SMILES string of the molecule is Cc1ccc(OC(C)C(=O)Nc2ccc(OC3CCN(C)CC3)cc2)cc1. The monoisotopic (exact) mass is 368 g/mol. The highest BCUT2D eigenvalue weighted by Crippen LogP contribution is 2.21. The molecule has 0 aromatic heterocycles. The Morgan fingerprint density at radius 3 is 2.26 bits per heavy atom. The first-order valence-corrected chi connectivity index (χ1v) is 9.49. The molecule has 1 atom stereocenters. The molecule has 27 heavy (non-hydrogen) atoms. The Morgan fingerprint density at radius 1 is 1.04 bits per heavy atom. The summed E-state index contributed by atoms with van der Waals surface area (Å²) in [6, 6.07) is 15.2. The van der Waals surface area contributed by atoms with E-state index in [1.165, 1.54) is 0 Å². The van der Waals surface area contributed by atoms with Crippen LogP contribution in [0.4, 0.5) is 5.69 Å². The molecule has 5 heteroatoms. The van der Waals surface area contributed by atoms with Crippen molar-refractivity contribution < 1.29 is 14.3 Å². The molecule has 0 aliphatic carbocycles. The maximum atomic E-state index is 12.3. The van der Waals surface area contributed by atoms with E-state index >= 15 is 0 Å². The standard InChI is InChI=1S/C22H28N2O3/c1-16-4-8-19(9-5-16)26-17(2)22(25)23-18-6-10-20(11-7-18)27-21-12-14-24(3)15-13-21/h4-11,17,21H,12-15H2,1-3H3,(H,23,25). The Hall–Kier alpha value is -2.53. The highest BCUT2D eigenvalue weighted by molar-refractivity contribution is 5.94. The molecule has 5 nitrogen and oxygen atoms in total. The van der Waals surface area contributed by atoms with Crippen LogP contribution < -0.4 is 14.8 Å². The summed E-state index contributed by atoms with van der Waals surface area (Å²) in [5.41, 5.74) is 1.89. The number of ether oxygens (including phenoxy) is 2. The normalized spacial score (nSPS) is 16.6. The van der Waals surface area contributed by atoms with Crippen LogP contribution >= 0.6 is 0 Å². The van der Waals surface area contributed by atoms with Gasteiger partial charge < -0.3 is 19.7 Å². The minimum atomic E-state index is -0.581. The Kier molecular flexibility index (Phi) is 6.35. The summed E-state index contributed by atoms with van der Waals surface area (Å²) in [5.74, 6) is 1.34. The summed E-state index contributed by atoms with van der Waals surface area (Å²) in [7, 11) is 2.14. The van der Waals surface area contributed by atoms with Crippen LogP contribution in [-0.2, 0) is 4.79 Å². The van der Waals surface area contributed by atoms with Crippen LogP contribution in [0.15, 0.2) is 48.5 Å². The summed E-state index contributed by atoms with van der Waals surface area (Å²) in [4.78, 5) is 14.7. The topological polar surface area (TPSA) is 50.8 Å². The highest BCUT2D eigenvalue weighted by Gasteiger charge is 2.18. The molecule has 0 bridgehead atoms. The summed E-state index contributed by atoms with van der Waals surface area (Å²) in [6.45, 7) is 5.89. The van der Waals surface area contributed by atoms with E-state index in [1.54, 1.807) is 6.92 Å². The summed E-state index contributed by atoms with van der Waals surface area (Å²) in [5, 5.41) is 2.88. The number of hydrogen-bond acceptors (Lipinski definition) is 4. The molecule has 3 rings (SSSR count). The maximum Gasteiger partial charge on any atom is 0.265 e. The number of likely N-dealkylation sites (tertiary alicyclic amines) is 1. The van der Waals surface area contributed by atoms with Gasteiger partial charge >= 0.3 is 0 Å². The Morgan fingerprint density at radius 2 is 1.63 bits per heavy atom. The molecule has 1 fully saturated rings. The van der Waals surface area contributed by atoms with Crippen molar-refractivity contribution in [1.29, 1.82) is 0 Å². The van der Waals surface area contributed by atoms with E-state index in [9.17, 15) is 4.79 Å². The van der Waals surface area contributed by atoms with Crippen molar-refractivity contribution in [3.63, 3.8) is 0 Å². The zero-order valence-corrected chi connectivity index (χ0v) is 16.3. The summed E-state index contributed by atoms with van der Waals surface area (Å²) >= 11 is 0. The van der Waals surface area contributed by atoms with Gasteiger partial charge in [-0.05, 0) is 70.1 Å². The van der Waals surface area contributed by atoms with E-state index < -0.39 is 6.10 Å². The highest BCUT2D eigenvalue weighted by atomic mass is 16.5. The van der Waals surface area contributed by atoms with Crippen molar-refractivity contribution in [1.82, 2.24) is 4.90 Å². The van der Waals surface area contributed by atoms with Crippen LogP contribution in [0, 0.1) is 6.92 Å². The number of piperidine rings is 1. The van der Waals surface area contributed by atoms with Crippen LogP contribution in [0.2, 0.25) is 0 Å². The van der Waals surface area contributed by atoms with Gasteiger partial charge in [-0.15, -0.1) is 0 Å². The molecule has 1 heterocycles. The molecule has 0 saturated carbocycles. The predicted molar refractivity (Wildman–Crippen MR) is 107 cm³/mol. The van der Waals surface area contributed by atoms with Gasteiger partial charge in [0.2, 0.25) is 0 Å². The zero-order chi connectivity index (χ0) is 19.2. The van der Waals surface area contributed by atoms with Crippen LogP contribution in [0.25, 0.3) is 0 Å². The van der Waals surface area contributed by atoms with E-state index in [-0.39, 0.29) is 12.0 Å². The third-order valence-corrected chi connectivity index (χ3v) is 4.79. The van der Waals surface area contributed by atoms with Gasteiger partial charge in [0.05, 0.1) is 0 Å². The van der Waals surface area contributed by atoms with Gasteiger partial charge in [0.1, 0.15) is 17.6 Å². The van der Waals surface area contributed by atoms with Crippen LogP contribution in [0.3, 0.4) is 0 Å². The largest absolute Gasteiger partial charge is 0.490 e. The molecule has 1 amide bonds. The number of carbonyl (C=O) groups is 1. The van der Waals surface area contributed by atoms with E-state index in [0.29, 0.717) is 5.75 Å². The van der Waals surface area contributed by atoms with Crippen LogP contribution in [-0.4, -0.2) is 43.2 Å². The molecule has 2 aromatic rings. The van der Waals surface area contributed by atoms with Gasteiger partial charge in [0, 0.05) is 18.8 Å². The fourth-order valence-corrected chi connectivity index (χ4v) is 3.03. The Balaban J connectivity index is 1.49. The average molecular weight is 368 g/mol. The van der Waals surface area contributed by atoms with Gasteiger partial charge in [-0.3, -0.25) is 4.79 Å². The lowest BCUT2D eigenvalue weighted by molar-refractivity contribution is -0.122. The summed E-state index contributed by atoms with van der Waals surface area (Å²) in [6.07, 6.45) is 1.78. The lowest BCUT2D eigenvalue weighted by Crippen LogP contribution is -2.35. The lowest BCUT2D eigenvalue weighted by Gasteiger charge is -2.29. The number of anilines is 1. The Labute approximate surface area is 161 Å². The fourth-order valence-electron chi connectivity index (χ4n) is 3.03. The van der Waals surface area contributed by atoms with Gasteiger partial charge in [0.25, 0.3) is 5.91 Å². The number of aryl methyl sites for hydroxylation is 1. The molecular weight excluding hydrogens is 340 g/mol. The molecule has 2 aromatic carbocycles. The second kappa shape index (κ2) is 8.91. The van der Waals surface area contributed by atoms with E-state index in [4.69, 9.17) is 9.47 Å². The molecule has 144 valence electrons. The quantitative estimate of drug-likeness (QED) is 0.841. The second-order valence-corrected chi connectivity index (χ2v) is 7.21. The minimum Gasteiger partial charge on any atom is -0.490 e. The third kappa shape index (κ3) is 5.73. The molecule has 0 radical (unpaired) electrons. The molecule has 1 N–H and O–H groups in total. The van der Waals surface area contributed by atoms with Crippen molar-refractivity contribution in [2.24, 2.45) is 0 Å². The van der Waals surface area contributed by atoms with E-state index in [2.05, 4.69) is 17.3 Å². The predicted octanol–water partition coefficient (Wildman–Crippen LogP) is 3.87. The average Bonchev–Trinajstić information content (AvgIpc) is 2.67. The van der Waals surface area contributed by atoms with Crippen molar-refractivity contribution in [2.45, 2.75) is 38.9 Å². The molecule has 1 aliphatic rings. The van der Waals surface area contributed by atoms with E-state index in [0.717, 1.165) is 42.9 Å². The number of hydrogen-bond donors (Lipinski definition) is 1. The third-order valence-electron chi connectivity index (χ3n) is 4.79. The minimum absolute atomic E-state index is 0.181.